The fourth-order valence-electron chi connectivity index (χ4n) is 2.85. The summed E-state index contributed by atoms with van der Waals surface area (Å²) in [6, 6.07) is 5.78. The molecule has 22 heavy (non-hydrogen) atoms. The van der Waals surface area contributed by atoms with Gasteiger partial charge in [0.25, 0.3) is 0 Å². The molecular weight excluding hydrogens is 282 g/mol. The standard InChI is InChI=1S/C17H23NO4/c1-12(18-17(19)11-14-4-2-7-20-14)13-5-6-15-16(10-13)22-9-3-8-21-15/h5-6,10,12,14H,2-4,7-9,11H2,1H3,(H,18,19)/t12-,14-/m1/s1. The molecule has 5 nitrogen and oxygen atoms in total. The Morgan fingerprint density at radius 2 is 2.05 bits per heavy atom. The minimum atomic E-state index is -0.0638. The quantitative estimate of drug-likeness (QED) is 0.929. The molecule has 0 aliphatic carbocycles. The van der Waals surface area contributed by atoms with E-state index in [1.165, 1.54) is 0 Å². The average molecular weight is 305 g/mol. The highest BCUT2D eigenvalue weighted by Crippen LogP contribution is 2.32. The second-order valence-electron chi connectivity index (χ2n) is 5.89. The van der Waals surface area contributed by atoms with Crippen molar-refractivity contribution in [3.63, 3.8) is 0 Å². The topological polar surface area (TPSA) is 56.8 Å². The maximum absolute atomic E-state index is 12.1. The Balaban J connectivity index is 1.60. The number of rotatable bonds is 4. The lowest BCUT2D eigenvalue weighted by Crippen LogP contribution is -2.29. The maximum atomic E-state index is 12.1. The van der Waals surface area contributed by atoms with E-state index in [1.807, 2.05) is 25.1 Å². The third-order valence-electron chi connectivity index (χ3n) is 4.09. The van der Waals surface area contributed by atoms with Gasteiger partial charge in [0.05, 0.1) is 31.8 Å². The van der Waals surface area contributed by atoms with E-state index >= 15 is 0 Å². The average Bonchev–Trinajstić information content (AvgIpc) is 2.89. The molecule has 1 saturated heterocycles. The van der Waals surface area contributed by atoms with Crippen LogP contribution in [0.2, 0.25) is 0 Å². The van der Waals surface area contributed by atoms with Crippen molar-refractivity contribution in [1.29, 1.82) is 0 Å². The molecule has 1 amide bonds. The van der Waals surface area contributed by atoms with Crippen molar-refractivity contribution < 1.29 is 19.0 Å². The van der Waals surface area contributed by atoms with Crippen LogP contribution >= 0.6 is 0 Å². The molecule has 0 bridgehead atoms. The van der Waals surface area contributed by atoms with E-state index in [2.05, 4.69) is 5.32 Å². The van der Waals surface area contributed by atoms with Crippen LogP contribution in [0.4, 0.5) is 0 Å². The smallest absolute Gasteiger partial charge is 0.223 e. The van der Waals surface area contributed by atoms with Crippen LogP contribution in [-0.2, 0) is 9.53 Å². The molecule has 5 heteroatoms. The molecule has 2 heterocycles. The first-order chi connectivity index (χ1) is 10.7. The molecule has 0 aromatic heterocycles. The Morgan fingerprint density at radius 1 is 1.23 bits per heavy atom. The third-order valence-corrected chi connectivity index (χ3v) is 4.09. The molecule has 1 fully saturated rings. The first-order valence-corrected chi connectivity index (χ1v) is 8.03. The maximum Gasteiger partial charge on any atom is 0.223 e. The minimum Gasteiger partial charge on any atom is -0.490 e. The SMILES string of the molecule is C[C@@H](NC(=O)C[C@H]1CCCO1)c1ccc2c(c1)OCCCO2. The normalized spacial score (nSPS) is 22.0. The van der Waals surface area contributed by atoms with Crippen molar-refractivity contribution in [2.75, 3.05) is 19.8 Å². The van der Waals surface area contributed by atoms with Crippen LogP contribution in [0.25, 0.3) is 0 Å². The summed E-state index contributed by atoms with van der Waals surface area (Å²) in [5, 5.41) is 3.03. The monoisotopic (exact) mass is 305 g/mol. The largest absolute Gasteiger partial charge is 0.490 e. The summed E-state index contributed by atoms with van der Waals surface area (Å²) in [7, 11) is 0. The van der Waals surface area contributed by atoms with E-state index in [4.69, 9.17) is 14.2 Å². The Bertz CT molecular complexity index is 525. The highest BCUT2D eigenvalue weighted by atomic mass is 16.5. The zero-order valence-corrected chi connectivity index (χ0v) is 13.0. The summed E-state index contributed by atoms with van der Waals surface area (Å²) in [4.78, 5) is 12.1. The van der Waals surface area contributed by atoms with Gasteiger partial charge in [0.15, 0.2) is 11.5 Å². The summed E-state index contributed by atoms with van der Waals surface area (Å²) in [6.07, 6.45) is 3.43. The molecule has 0 spiro atoms. The number of hydrogen-bond donors (Lipinski definition) is 1. The third kappa shape index (κ3) is 3.71. The number of amides is 1. The summed E-state index contributed by atoms with van der Waals surface area (Å²) >= 11 is 0. The van der Waals surface area contributed by atoms with Gasteiger partial charge in [-0.05, 0) is 37.5 Å². The first-order valence-electron chi connectivity index (χ1n) is 8.03. The lowest BCUT2D eigenvalue weighted by molar-refractivity contribution is -0.123. The van der Waals surface area contributed by atoms with E-state index in [-0.39, 0.29) is 18.1 Å². The summed E-state index contributed by atoms with van der Waals surface area (Å²) in [5.41, 5.74) is 1.02. The lowest BCUT2D eigenvalue weighted by Gasteiger charge is -2.17. The minimum absolute atomic E-state index is 0.0338. The summed E-state index contributed by atoms with van der Waals surface area (Å²) in [5.74, 6) is 1.57. The second-order valence-corrected chi connectivity index (χ2v) is 5.89. The van der Waals surface area contributed by atoms with Gasteiger partial charge >= 0.3 is 0 Å². The number of ether oxygens (including phenoxy) is 3. The Kier molecular flexibility index (Phi) is 4.83. The van der Waals surface area contributed by atoms with Crippen molar-refractivity contribution in [1.82, 2.24) is 5.32 Å². The van der Waals surface area contributed by atoms with Crippen molar-refractivity contribution in [3.8, 4) is 11.5 Å². The number of carbonyl (C=O) groups excluding carboxylic acids is 1. The van der Waals surface area contributed by atoms with Crippen LogP contribution in [0.3, 0.4) is 0 Å². The van der Waals surface area contributed by atoms with Crippen molar-refractivity contribution in [2.45, 2.75) is 44.8 Å². The molecule has 1 aromatic rings. The van der Waals surface area contributed by atoms with E-state index in [9.17, 15) is 4.79 Å². The highest BCUT2D eigenvalue weighted by molar-refractivity contribution is 5.77. The number of benzene rings is 1. The molecule has 2 atom stereocenters. The Labute approximate surface area is 130 Å². The fraction of sp³-hybridized carbons (Fsp3) is 0.588. The van der Waals surface area contributed by atoms with Crippen LogP contribution in [0.1, 0.15) is 44.2 Å². The summed E-state index contributed by atoms with van der Waals surface area (Å²) in [6.45, 7) is 4.10. The summed E-state index contributed by atoms with van der Waals surface area (Å²) < 4.78 is 16.8. The van der Waals surface area contributed by atoms with Gasteiger partial charge in [0, 0.05) is 13.0 Å². The predicted molar refractivity (Wildman–Crippen MR) is 82.2 cm³/mol. The van der Waals surface area contributed by atoms with E-state index < -0.39 is 0 Å². The molecule has 3 rings (SSSR count). The van der Waals surface area contributed by atoms with Gasteiger partial charge in [0.2, 0.25) is 5.91 Å². The number of fused-ring (bicyclic) bond motifs is 1. The van der Waals surface area contributed by atoms with Gasteiger partial charge in [-0.3, -0.25) is 4.79 Å². The Hall–Kier alpha value is -1.75. The van der Waals surface area contributed by atoms with Gasteiger partial charge in [-0.1, -0.05) is 6.07 Å². The van der Waals surface area contributed by atoms with Crippen LogP contribution in [-0.4, -0.2) is 31.8 Å². The van der Waals surface area contributed by atoms with E-state index in [0.29, 0.717) is 19.6 Å². The zero-order valence-electron chi connectivity index (χ0n) is 13.0. The highest BCUT2D eigenvalue weighted by Gasteiger charge is 2.21. The van der Waals surface area contributed by atoms with E-state index in [1.54, 1.807) is 0 Å². The van der Waals surface area contributed by atoms with Crippen molar-refractivity contribution in [3.05, 3.63) is 23.8 Å². The van der Waals surface area contributed by atoms with Gasteiger partial charge in [0.1, 0.15) is 0 Å². The fourth-order valence-corrected chi connectivity index (χ4v) is 2.85. The molecule has 0 unspecified atom stereocenters. The van der Waals surface area contributed by atoms with Crippen LogP contribution in [0, 0.1) is 0 Å². The molecule has 2 aliphatic heterocycles. The van der Waals surface area contributed by atoms with Crippen molar-refractivity contribution in [2.24, 2.45) is 0 Å². The van der Waals surface area contributed by atoms with Crippen molar-refractivity contribution >= 4 is 5.91 Å². The molecule has 1 aromatic carbocycles. The molecule has 0 radical (unpaired) electrons. The number of hydrogen-bond acceptors (Lipinski definition) is 4. The zero-order chi connectivity index (χ0) is 15.4. The van der Waals surface area contributed by atoms with Gasteiger partial charge in [-0.15, -0.1) is 0 Å². The number of nitrogens with one attached hydrogen (secondary N) is 1. The van der Waals surface area contributed by atoms with Gasteiger partial charge in [-0.2, -0.15) is 0 Å². The lowest BCUT2D eigenvalue weighted by atomic mass is 10.1. The molecular formula is C17H23NO4. The second kappa shape index (κ2) is 7.01. The number of carbonyl (C=O) groups is 1. The Morgan fingerprint density at radius 3 is 2.82 bits per heavy atom. The van der Waals surface area contributed by atoms with Crippen LogP contribution in [0.5, 0.6) is 11.5 Å². The predicted octanol–water partition coefficient (Wildman–Crippen LogP) is 2.59. The molecule has 0 saturated carbocycles. The molecule has 2 aliphatic rings. The van der Waals surface area contributed by atoms with Gasteiger partial charge < -0.3 is 19.5 Å². The van der Waals surface area contributed by atoms with Crippen LogP contribution in [0.15, 0.2) is 18.2 Å². The first kappa shape index (κ1) is 15.2. The van der Waals surface area contributed by atoms with E-state index in [0.717, 1.165) is 42.9 Å². The van der Waals surface area contributed by atoms with Gasteiger partial charge in [-0.25, -0.2) is 0 Å². The molecule has 1 N–H and O–H groups in total. The van der Waals surface area contributed by atoms with Crippen LogP contribution < -0.4 is 14.8 Å². The molecule has 120 valence electrons.